The van der Waals surface area contributed by atoms with Gasteiger partial charge < -0.3 is 4.74 Å². The number of halogens is 4. The smallest absolute Gasteiger partial charge is 0.394 e. The highest BCUT2D eigenvalue weighted by Gasteiger charge is 2.36. The summed E-state index contributed by atoms with van der Waals surface area (Å²) in [6.07, 6.45) is -2.87. The number of carbonyl (C=O) groups excluding carboxylic acids is 1. The molecule has 0 bridgehead atoms. The summed E-state index contributed by atoms with van der Waals surface area (Å²) in [5, 5.41) is 3.99. The molecule has 3 rings (SSSR count). The van der Waals surface area contributed by atoms with E-state index >= 15 is 0 Å². The van der Waals surface area contributed by atoms with Gasteiger partial charge in [-0.1, -0.05) is 36.7 Å². The Balaban J connectivity index is 1.64. The number of ether oxygens (including phenoxy) is 1. The third-order valence-electron chi connectivity index (χ3n) is 3.92. The molecule has 0 spiro atoms. The zero-order valence-electron chi connectivity index (χ0n) is 15.6. The van der Waals surface area contributed by atoms with Crippen molar-refractivity contribution in [3.05, 3.63) is 65.4 Å². The summed E-state index contributed by atoms with van der Waals surface area (Å²) in [6.45, 7) is 0.477. The third kappa shape index (κ3) is 5.67. The minimum absolute atomic E-state index is 0.0186. The summed E-state index contributed by atoms with van der Waals surface area (Å²) >= 11 is 7.28. The first-order valence-corrected chi connectivity index (χ1v) is 9.88. The predicted molar refractivity (Wildman–Crippen MR) is 107 cm³/mol. The van der Waals surface area contributed by atoms with Gasteiger partial charge in [0.2, 0.25) is 5.88 Å². The fraction of sp³-hybridized carbons (Fsp3) is 0.211. The Hall–Kier alpha value is -2.72. The predicted octanol–water partition coefficient (Wildman–Crippen LogP) is 4.94. The summed E-state index contributed by atoms with van der Waals surface area (Å²) in [5.41, 5.74) is 0.173. The van der Waals surface area contributed by atoms with Gasteiger partial charge in [-0.05, 0) is 36.2 Å². The van der Waals surface area contributed by atoms with Crippen LogP contribution >= 0.6 is 23.5 Å². The van der Waals surface area contributed by atoms with Crippen molar-refractivity contribution >= 4 is 29.5 Å². The fourth-order valence-corrected chi connectivity index (χ4v) is 3.04. The van der Waals surface area contributed by atoms with E-state index < -0.39 is 24.6 Å². The summed E-state index contributed by atoms with van der Waals surface area (Å²) < 4.78 is 46.7. The monoisotopic (exact) mass is 456 g/mol. The van der Waals surface area contributed by atoms with Crippen molar-refractivity contribution in [2.75, 3.05) is 6.61 Å². The number of hydrogen-bond acceptors (Lipinski definition) is 5. The van der Waals surface area contributed by atoms with E-state index in [1.54, 1.807) is 0 Å². The number of benzene rings is 1. The second kappa shape index (κ2) is 9.40. The molecule has 1 N–H and O–H groups in total. The highest BCUT2D eigenvalue weighted by molar-refractivity contribution is 7.98. The van der Waals surface area contributed by atoms with Gasteiger partial charge in [0.1, 0.15) is 11.8 Å². The summed E-state index contributed by atoms with van der Waals surface area (Å²) in [4.78, 5) is 17.3. The lowest BCUT2D eigenvalue weighted by atomic mass is 10.2. The minimum atomic E-state index is -4.34. The number of nitrogens with one attached hydrogen (secondary N) is 1. The average Bonchev–Trinajstić information content (AvgIpc) is 3.19. The van der Waals surface area contributed by atoms with Gasteiger partial charge >= 0.3 is 6.18 Å². The second-order valence-electron chi connectivity index (χ2n) is 6.21. The van der Waals surface area contributed by atoms with E-state index in [1.807, 2.05) is 30.3 Å². The van der Waals surface area contributed by atoms with Crippen LogP contribution in [0.3, 0.4) is 0 Å². The molecule has 158 valence electrons. The number of alkyl halides is 3. The van der Waals surface area contributed by atoms with Gasteiger partial charge in [-0.2, -0.15) is 13.2 Å². The Kier molecular flexibility index (Phi) is 6.88. The maximum Gasteiger partial charge on any atom is 0.394 e. The molecule has 0 radical (unpaired) electrons. The van der Waals surface area contributed by atoms with Crippen LogP contribution in [0.1, 0.15) is 17.3 Å². The molecule has 0 aliphatic heterocycles. The first kappa shape index (κ1) is 22.0. The van der Waals surface area contributed by atoms with E-state index in [0.29, 0.717) is 0 Å². The Morgan fingerprint density at radius 3 is 2.63 bits per heavy atom. The largest absolute Gasteiger partial charge is 0.476 e. The molecule has 6 nitrogen and oxygen atoms in total. The number of rotatable bonds is 7. The lowest BCUT2D eigenvalue weighted by Gasteiger charge is -2.14. The van der Waals surface area contributed by atoms with E-state index in [2.05, 4.69) is 14.8 Å². The first-order valence-electron chi connectivity index (χ1n) is 8.68. The number of nitrogens with zero attached hydrogens (tertiary/aromatic N) is 3. The molecular formula is C19H16ClF3N4O2S. The number of hydrogen-bond donors (Lipinski definition) is 1. The molecule has 0 saturated carbocycles. The standard InChI is InChI=1S/C19H16ClF3N4O2S/c1-12(19(21,22)23)11-29-16-9-10-27(25-16)15-8-7-14(17(20)24-15)18(28)26-30-13-5-3-2-4-6-13/h2-10,12H,11H2,1H3,(H,26,28). The van der Waals surface area contributed by atoms with Gasteiger partial charge in [0.25, 0.3) is 5.91 Å². The Morgan fingerprint density at radius 1 is 1.23 bits per heavy atom. The van der Waals surface area contributed by atoms with Gasteiger partial charge in [-0.25, -0.2) is 9.67 Å². The van der Waals surface area contributed by atoms with Crippen LogP contribution in [0.15, 0.2) is 59.6 Å². The van der Waals surface area contributed by atoms with Gasteiger partial charge in [-0.3, -0.25) is 9.52 Å². The van der Waals surface area contributed by atoms with Crippen LogP contribution in [0.2, 0.25) is 5.15 Å². The van der Waals surface area contributed by atoms with Crippen molar-refractivity contribution in [2.24, 2.45) is 5.92 Å². The highest BCUT2D eigenvalue weighted by Crippen LogP contribution is 2.26. The van der Waals surface area contributed by atoms with Crippen LogP contribution in [-0.4, -0.2) is 33.5 Å². The highest BCUT2D eigenvalue weighted by atomic mass is 35.5. The Labute approximate surface area is 179 Å². The molecule has 30 heavy (non-hydrogen) atoms. The third-order valence-corrected chi connectivity index (χ3v) is 5.01. The van der Waals surface area contributed by atoms with Crippen LogP contribution in [0.5, 0.6) is 5.88 Å². The van der Waals surface area contributed by atoms with Gasteiger partial charge in [-0.15, -0.1) is 5.10 Å². The van der Waals surface area contributed by atoms with Crippen molar-refractivity contribution in [1.82, 2.24) is 19.5 Å². The average molecular weight is 457 g/mol. The van der Waals surface area contributed by atoms with E-state index in [0.717, 1.165) is 23.8 Å². The van der Waals surface area contributed by atoms with Crippen molar-refractivity contribution < 1.29 is 22.7 Å². The number of aromatic nitrogens is 3. The van der Waals surface area contributed by atoms with Crippen molar-refractivity contribution in [3.8, 4) is 11.7 Å². The summed E-state index contributed by atoms with van der Waals surface area (Å²) in [5.74, 6) is -1.74. The minimum Gasteiger partial charge on any atom is -0.476 e. The van der Waals surface area contributed by atoms with Crippen LogP contribution in [0, 0.1) is 5.92 Å². The molecule has 1 unspecified atom stereocenters. The molecule has 0 fully saturated rings. The van der Waals surface area contributed by atoms with Crippen LogP contribution in [0.4, 0.5) is 13.2 Å². The van der Waals surface area contributed by atoms with Gasteiger partial charge in [0.05, 0.1) is 11.5 Å². The molecule has 2 aromatic heterocycles. The molecule has 1 aromatic carbocycles. The molecule has 1 atom stereocenters. The Morgan fingerprint density at radius 2 is 1.97 bits per heavy atom. The van der Waals surface area contributed by atoms with Crippen LogP contribution in [-0.2, 0) is 0 Å². The SMILES string of the molecule is CC(COc1ccn(-c2ccc(C(=O)NSc3ccccc3)c(Cl)n2)n1)C(F)(F)F. The normalized spacial score (nSPS) is 12.4. The topological polar surface area (TPSA) is 69.0 Å². The van der Waals surface area contributed by atoms with Crippen molar-refractivity contribution in [3.63, 3.8) is 0 Å². The molecule has 0 saturated heterocycles. The number of carbonyl (C=O) groups is 1. The molecular weight excluding hydrogens is 441 g/mol. The zero-order chi connectivity index (χ0) is 21.7. The zero-order valence-corrected chi connectivity index (χ0v) is 17.1. The van der Waals surface area contributed by atoms with Crippen LogP contribution < -0.4 is 9.46 Å². The summed E-state index contributed by atoms with van der Waals surface area (Å²) in [7, 11) is 0. The summed E-state index contributed by atoms with van der Waals surface area (Å²) in [6, 6.07) is 13.7. The van der Waals surface area contributed by atoms with Crippen LogP contribution in [0.25, 0.3) is 5.82 Å². The molecule has 0 aliphatic carbocycles. The van der Waals surface area contributed by atoms with Crippen molar-refractivity contribution in [2.45, 2.75) is 18.0 Å². The van der Waals surface area contributed by atoms with E-state index in [-0.39, 0.29) is 22.4 Å². The molecule has 2 heterocycles. The number of amides is 1. The van der Waals surface area contributed by atoms with E-state index in [9.17, 15) is 18.0 Å². The Bertz CT molecular complexity index is 1010. The molecule has 0 aliphatic rings. The maximum atomic E-state index is 12.6. The lowest BCUT2D eigenvalue weighted by molar-refractivity contribution is -0.176. The molecule has 1 amide bonds. The molecule has 3 aromatic rings. The fourth-order valence-electron chi connectivity index (χ4n) is 2.19. The second-order valence-corrected chi connectivity index (χ2v) is 7.44. The first-order chi connectivity index (χ1) is 14.2. The molecule has 11 heteroatoms. The lowest BCUT2D eigenvalue weighted by Crippen LogP contribution is -2.25. The maximum absolute atomic E-state index is 12.6. The van der Waals surface area contributed by atoms with Gasteiger partial charge in [0.15, 0.2) is 5.82 Å². The van der Waals surface area contributed by atoms with E-state index in [4.69, 9.17) is 16.3 Å². The van der Waals surface area contributed by atoms with Crippen molar-refractivity contribution in [1.29, 1.82) is 0 Å². The number of pyridine rings is 1. The van der Waals surface area contributed by atoms with E-state index in [1.165, 1.54) is 29.1 Å². The van der Waals surface area contributed by atoms with Gasteiger partial charge in [0, 0.05) is 17.2 Å². The quantitative estimate of drug-likeness (QED) is 0.403.